The summed E-state index contributed by atoms with van der Waals surface area (Å²) in [6, 6.07) is 11.5. The molecule has 2 rings (SSSR count). The Morgan fingerprint density at radius 2 is 1.76 bits per heavy atom. The third kappa shape index (κ3) is 4.99. The highest BCUT2D eigenvalue weighted by atomic mass is 79.9. The molecule has 0 fully saturated rings. The van der Waals surface area contributed by atoms with E-state index in [1.165, 1.54) is 0 Å². The van der Waals surface area contributed by atoms with Gasteiger partial charge in [-0.25, -0.2) is 0 Å². The molecule has 21 heavy (non-hydrogen) atoms. The standard InChI is InChI=1S/C16H16Br2ClNO/c1-2-7-20-10-11-8-12(17)4-6-15(11)21-16-9-13(18)3-5-14(16)19/h3-6,8-9,20H,2,7,10H2,1H3. The van der Waals surface area contributed by atoms with Crippen LogP contribution in [0.25, 0.3) is 0 Å². The van der Waals surface area contributed by atoms with Gasteiger partial charge in [-0.1, -0.05) is 50.4 Å². The van der Waals surface area contributed by atoms with E-state index < -0.39 is 0 Å². The fourth-order valence-corrected chi connectivity index (χ4v) is 2.76. The van der Waals surface area contributed by atoms with Crippen LogP contribution in [0.3, 0.4) is 0 Å². The second-order valence-corrected chi connectivity index (χ2v) is 6.84. The maximum absolute atomic E-state index is 6.19. The third-order valence-corrected chi connectivity index (χ3v) is 4.18. The van der Waals surface area contributed by atoms with Crippen LogP contribution in [-0.4, -0.2) is 6.54 Å². The molecule has 0 amide bonds. The van der Waals surface area contributed by atoms with Crippen molar-refractivity contribution in [3.8, 4) is 11.5 Å². The van der Waals surface area contributed by atoms with Gasteiger partial charge < -0.3 is 10.1 Å². The van der Waals surface area contributed by atoms with E-state index in [0.29, 0.717) is 10.8 Å². The van der Waals surface area contributed by atoms with Crippen molar-refractivity contribution < 1.29 is 4.74 Å². The van der Waals surface area contributed by atoms with E-state index in [9.17, 15) is 0 Å². The molecule has 2 aromatic rings. The monoisotopic (exact) mass is 431 g/mol. The van der Waals surface area contributed by atoms with Gasteiger partial charge in [-0.2, -0.15) is 0 Å². The molecule has 1 N–H and O–H groups in total. The minimum atomic E-state index is 0.591. The summed E-state index contributed by atoms with van der Waals surface area (Å²) < 4.78 is 7.95. The van der Waals surface area contributed by atoms with Crippen LogP contribution >= 0.6 is 43.5 Å². The number of nitrogens with one attached hydrogen (secondary N) is 1. The Kier molecular flexibility index (Phi) is 6.55. The van der Waals surface area contributed by atoms with Crippen molar-refractivity contribution in [2.45, 2.75) is 19.9 Å². The molecule has 0 aliphatic carbocycles. The number of hydrogen-bond donors (Lipinski definition) is 1. The van der Waals surface area contributed by atoms with Gasteiger partial charge in [0.05, 0.1) is 5.02 Å². The second-order valence-electron chi connectivity index (χ2n) is 4.61. The van der Waals surface area contributed by atoms with Crippen LogP contribution in [0, 0.1) is 0 Å². The van der Waals surface area contributed by atoms with Gasteiger partial charge in [0, 0.05) is 21.1 Å². The lowest BCUT2D eigenvalue weighted by atomic mass is 10.2. The molecule has 2 nitrogen and oxygen atoms in total. The predicted molar refractivity (Wildman–Crippen MR) is 95.4 cm³/mol. The highest BCUT2D eigenvalue weighted by Gasteiger charge is 2.09. The average molecular weight is 434 g/mol. The number of halogens is 3. The molecule has 0 radical (unpaired) electrons. The molecule has 0 spiro atoms. The van der Waals surface area contributed by atoms with Gasteiger partial charge in [0.15, 0.2) is 0 Å². The number of rotatable bonds is 6. The molecule has 0 aliphatic rings. The Labute approximate surface area is 147 Å². The lowest BCUT2D eigenvalue weighted by Crippen LogP contribution is -2.14. The first-order valence-corrected chi connectivity index (χ1v) is 8.68. The highest BCUT2D eigenvalue weighted by molar-refractivity contribution is 9.10. The Morgan fingerprint density at radius 1 is 1.05 bits per heavy atom. The molecular formula is C16H16Br2ClNO. The summed E-state index contributed by atoms with van der Waals surface area (Å²) >= 11 is 13.1. The normalized spacial score (nSPS) is 10.7. The predicted octanol–water partition coefficient (Wildman–Crippen LogP) is 6.16. The first-order valence-electron chi connectivity index (χ1n) is 6.72. The zero-order valence-electron chi connectivity index (χ0n) is 11.6. The van der Waals surface area contributed by atoms with Crippen molar-refractivity contribution in [1.82, 2.24) is 5.32 Å². The van der Waals surface area contributed by atoms with Crippen LogP contribution in [0.2, 0.25) is 5.02 Å². The Bertz CT molecular complexity index is 619. The summed E-state index contributed by atoms with van der Waals surface area (Å²) in [6.45, 7) is 3.88. The molecule has 0 saturated heterocycles. The lowest BCUT2D eigenvalue weighted by molar-refractivity contribution is 0.472. The zero-order valence-corrected chi connectivity index (χ0v) is 15.6. The SMILES string of the molecule is CCCNCc1cc(Br)ccc1Oc1cc(Br)ccc1Cl. The summed E-state index contributed by atoms with van der Waals surface area (Å²) in [4.78, 5) is 0. The van der Waals surface area contributed by atoms with Crippen LogP contribution in [0.4, 0.5) is 0 Å². The molecule has 0 aliphatic heterocycles. The van der Waals surface area contributed by atoms with Gasteiger partial charge in [0.25, 0.3) is 0 Å². The molecule has 0 unspecified atom stereocenters. The summed E-state index contributed by atoms with van der Waals surface area (Å²) in [5, 5.41) is 3.98. The van der Waals surface area contributed by atoms with E-state index in [2.05, 4.69) is 50.2 Å². The number of hydrogen-bond acceptors (Lipinski definition) is 2. The highest BCUT2D eigenvalue weighted by Crippen LogP contribution is 2.34. The quantitative estimate of drug-likeness (QED) is 0.551. The summed E-state index contributed by atoms with van der Waals surface area (Å²) in [6.07, 6.45) is 1.10. The molecule has 0 aromatic heterocycles. The van der Waals surface area contributed by atoms with Gasteiger partial charge in [-0.3, -0.25) is 0 Å². The van der Waals surface area contributed by atoms with Gasteiger partial charge in [-0.15, -0.1) is 0 Å². The van der Waals surface area contributed by atoms with Crippen molar-refractivity contribution in [2.75, 3.05) is 6.54 Å². The van der Waals surface area contributed by atoms with E-state index in [0.717, 1.165) is 39.8 Å². The van der Waals surface area contributed by atoms with Crippen LogP contribution in [-0.2, 0) is 6.54 Å². The van der Waals surface area contributed by atoms with Gasteiger partial charge in [0.1, 0.15) is 11.5 Å². The smallest absolute Gasteiger partial charge is 0.147 e. The molecule has 2 aromatic carbocycles. The average Bonchev–Trinajstić information content (AvgIpc) is 2.46. The summed E-state index contributed by atoms with van der Waals surface area (Å²) in [5.41, 5.74) is 1.09. The molecule has 0 saturated carbocycles. The molecule has 0 atom stereocenters. The fraction of sp³-hybridized carbons (Fsp3) is 0.250. The van der Waals surface area contributed by atoms with Crippen LogP contribution in [0.5, 0.6) is 11.5 Å². The molecule has 0 heterocycles. The van der Waals surface area contributed by atoms with E-state index in [4.69, 9.17) is 16.3 Å². The maximum Gasteiger partial charge on any atom is 0.147 e. The van der Waals surface area contributed by atoms with E-state index >= 15 is 0 Å². The van der Waals surface area contributed by atoms with Crippen LogP contribution in [0.1, 0.15) is 18.9 Å². The Hall–Kier alpha value is -0.550. The minimum Gasteiger partial charge on any atom is -0.455 e. The van der Waals surface area contributed by atoms with Gasteiger partial charge in [-0.05, 0) is 49.4 Å². The van der Waals surface area contributed by atoms with Crippen molar-refractivity contribution in [3.63, 3.8) is 0 Å². The first-order chi connectivity index (χ1) is 10.1. The Morgan fingerprint density at radius 3 is 2.52 bits per heavy atom. The van der Waals surface area contributed by atoms with E-state index in [1.54, 1.807) is 0 Å². The van der Waals surface area contributed by atoms with E-state index in [-0.39, 0.29) is 0 Å². The summed E-state index contributed by atoms with van der Waals surface area (Å²) in [7, 11) is 0. The van der Waals surface area contributed by atoms with E-state index in [1.807, 2.05) is 30.3 Å². The third-order valence-electron chi connectivity index (χ3n) is 2.88. The topological polar surface area (TPSA) is 21.3 Å². The van der Waals surface area contributed by atoms with Gasteiger partial charge in [0.2, 0.25) is 0 Å². The van der Waals surface area contributed by atoms with Crippen LogP contribution < -0.4 is 10.1 Å². The molecule has 5 heteroatoms. The second kappa shape index (κ2) is 8.18. The minimum absolute atomic E-state index is 0.591. The van der Waals surface area contributed by atoms with Crippen LogP contribution in [0.15, 0.2) is 45.3 Å². The maximum atomic E-state index is 6.19. The molecular weight excluding hydrogens is 417 g/mol. The van der Waals surface area contributed by atoms with Crippen molar-refractivity contribution in [3.05, 3.63) is 55.9 Å². The van der Waals surface area contributed by atoms with Crippen molar-refractivity contribution in [2.24, 2.45) is 0 Å². The van der Waals surface area contributed by atoms with Crippen molar-refractivity contribution in [1.29, 1.82) is 0 Å². The number of ether oxygens (including phenoxy) is 1. The largest absolute Gasteiger partial charge is 0.455 e. The molecule has 0 bridgehead atoms. The molecule has 112 valence electrons. The van der Waals surface area contributed by atoms with Gasteiger partial charge >= 0.3 is 0 Å². The summed E-state index contributed by atoms with van der Waals surface area (Å²) in [5.74, 6) is 1.45. The van der Waals surface area contributed by atoms with Crippen molar-refractivity contribution >= 4 is 43.5 Å². The lowest BCUT2D eigenvalue weighted by Gasteiger charge is -2.13. The zero-order chi connectivity index (χ0) is 15.2. The Balaban J connectivity index is 2.24. The number of benzene rings is 2. The first kappa shape index (κ1) is 16.8. The fourth-order valence-electron chi connectivity index (χ4n) is 1.86.